The van der Waals surface area contributed by atoms with Crippen molar-refractivity contribution >= 4 is 5.69 Å². The third-order valence-electron chi connectivity index (χ3n) is 3.58. The maximum absolute atomic E-state index is 13.4. The van der Waals surface area contributed by atoms with E-state index in [2.05, 4.69) is 24.4 Å². The summed E-state index contributed by atoms with van der Waals surface area (Å²) in [6, 6.07) is 15.1. The highest BCUT2D eigenvalue weighted by Gasteiger charge is 2.11. The Morgan fingerprint density at radius 3 is 2.67 bits per heavy atom. The Bertz CT molecular complexity index is 571. The predicted octanol–water partition coefficient (Wildman–Crippen LogP) is 4.58. The molecule has 2 nitrogen and oxygen atoms in total. The van der Waals surface area contributed by atoms with Crippen molar-refractivity contribution in [2.24, 2.45) is 0 Å². The lowest BCUT2D eigenvalue weighted by Gasteiger charge is -2.21. The minimum atomic E-state index is -0.194. The van der Waals surface area contributed by atoms with Crippen LogP contribution in [0.1, 0.15) is 30.5 Å². The summed E-state index contributed by atoms with van der Waals surface area (Å²) in [7, 11) is 1.71. The molecule has 0 saturated heterocycles. The third-order valence-corrected chi connectivity index (χ3v) is 3.58. The van der Waals surface area contributed by atoms with Gasteiger partial charge in [0.25, 0.3) is 0 Å². The van der Waals surface area contributed by atoms with Gasteiger partial charge in [-0.25, -0.2) is 4.39 Å². The second-order valence-electron chi connectivity index (χ2n) is 5.06. The molecule has 21 heavy (non-hydrogen) atoms. The molecular formula is C18H22FNO. The van der Waals surface area contributed by atoms with Gasteiger partial charge < -0.3 is 10.1 Å². The van der Waals surface area contributed by atoms with E-state index in [9.17, 15) is 4.39 Å². The van der Waals surface area contributed by atoms with Gasteiger partial charge in [0, 0.05) is 12.8 Å². The minimum Gasteiger partial charge on any atom is -0.384 e. The smallest absolute Gasteiger partial charge is 0.123 e. The first kappa shape index (κ1) is 15.5. The van der Waals surface area contributed by atoms with Crippen molar-refractivity contribution in [1.29, 1.82) is 0 Å². The fourth-order valence-electron chi connectivity index (χ4n) is 2.42. The van der Waals surface area contributed by atoms with E-state index >= 15 is 0 Å². The van der Waals surface area contributed by atoms with Crippen molar-refractivity contribution < 1.29 is 9.13 Å². The van der Waals surface area contributed by atoms with Crippen molar-refractivity contribution in [1.82, 2.24) is 0 Å². The van der Waals surface area contributed by atoms with E-state index < -0.39 is 0 Å². The molecule has 112 valence electrons. The van der Waals surface area contributed by atoms with Crippen LogP contribution in [0.25, 0.3) is 0 Å². The summed E-state index contributed by atoms with van der Waals surface area (Å²) in [6.45, 7) is 2.79. The molecule has 0 heterocycles. The molecule has 0 fully saturated rings. The van der Waals surface area contributed by atoms with E-state index in [1.54, 1.807) is 19.2 Å². The molecule has 0 aliphatic rings. The first-order chi connectivity index (χ1) is 10.2. The average Bonchev–Trinajstić information content (AvgIpc) is 2.51. The first-order valence-corrected chi connectivity index (χ1v) is 7.33. The van der Waals surface area contributed by atoms with Crippen molar-refractivity contribution in [3.8, 4) is 0 Å². The number of rotatable bonds is 7. The van der Waals surface area contributed by atoms with Gasteiger partial charge in [-0.15, -0.1) is 0 Å². The Morgan fingerprint density at radius 1 is 1.14 bits per heavy atom. The van der Waals surface area contributed by atoms with Crippen LogP contribution in [0.4, 0.5) is 10.1 Å². The average molecular weight is 287 g/mol. The van der Waals surface area contributed by atoms with Gasteiger partial charge in [0.1, 0.15) is 5.82 Å². The largest absolute Gasteiger partial charge is 0.384 e. The molecule has 1 unspecified atom stereocenters. The Kier molecular flexibility index (Phi) is 5.76. The van der Waals surface area contributed by atoms with Gasteiger partial charge in [-0.3, -0.25) is 0 Å². The molecule has 0 aliphatic carbocycles. The highest BCUT2D eigenvalue weighted by Crippen LogP contribution is 2.25. The lowest BCUT2D eigenvalue weighted by molar-refractivity contribution is 0.202. The van der Waals surface area contributed by atoms with Crippen LogP contribution in [0.3, 0.4) is 0 Å². The van der Waals surface area contributed by atoms with Gasteiger partial charge in [0.05, 0.1) is 12.6 Å². The zero-order chi connectivity index (χ0) is 15.1. The minimum absolute atomic E-state index is 0.101. The van der Waals surface area contributed by atoms with Crippen LogP contribution >= 0.6 is 0 Å². The van der Waals surface area contributed by atoms with Crippen molar-refractivity contribution in [3.05, 3.63) is 65.5 Å². The van der Waals surface area contributed by atoms with Crippen LogP contribution in [0, 0.1) is 5.82 Å². The standard InChI is InChI=1S/C18H22FNO/c1-3-17(15-8-6-9-16(19)13-15)20-18-10-5-4-7-14(18)11-12-21-2/h4-10,13,17,20H,3,11-12H2,1-2H3. The predicted molar refractivity (Wildman–Crippen MR) is 85.1 cm³/mol. The van der Waals surface area contributed by atoms with Crippen LogP contribution in [-0.2, 0) is 11.2 Å². The van der Waals surface area contributed by atoms with Crippen molar-refractivity contribution in [2.45, 2.75) is 25.8 Å². The Balaban J connectivity index is 2.18. The summed E-state index contributed by atoms with van der Waals surface area (Å²) in [4.78, 5) is 0. The Morgan fingerprint density at radius 2 is 1.95 bits per heavy atom. The number of halogens is 1. The van der Waals surface area contributed by atoms with E-state index in [0.717, 1.165) is 24.1 Å². The van der Waals surface area contributed by atoms with E-state index in [-0.39, 0.29) is 11.9 Å². The second kappa shape index (κ2) is 7.79. The molecule has 0 saturated carbocycles. The summed E-state index contributed by atoms with van der Waals surface area (Å²) in [5, 5.41) is 3.53. The number of benzene rings is 2. The van der Waals surface area contributed by atoms with Crippen LogP contribution < -0.4 is 5.32 Å². The van der Waals surface area contributed by atoms with Crippen LogP contribution in [-0.4, -0.2) is 13.7 Å². The summed E-state index contributed by atoms with van der Waals surface area (Å²) in [6.07, 6.45) is 1.75. The van der Waals surface area contributed by atoms with Gasteiger partial charge >= 0.3 is 0 Å². The molecule has 3 heteroatoms. The summed E-state index contributed by atoms with van der Waals surface area (Å²) < 4.78 is 18.6. The van der Waals surface area contributed by atoms with Crippen LogP contribution in [0.2, 0.25) is 0 Å². The molecule has 1 N–H and O–H groups in total. The molecule has 0 bridgehead atoms. The SMILES string of the molecule is CCC(Nc1ccccc1CCOC)c1cccc(F)c1. The number of ether oxygens (including phenoxy) is 1. The maximum Gasteiger partial charge on any atom is 0.123 e. The molecule has 2 aromatic rings. The number of methoxy groups -OCH3 is 1. The fourth-order valence-corrected chi connectivity index (χ4v) is 2.42. The van der Waals surface area contributed by atoms with E-state index in [1.165, 1.54) is 11.6 Å². The van der Waals surface area contributed by atoms with E-state index in [4.69, 9.17) is 4.74 Å². The molecule has 0 spiro atoms. The molecule has 2 rings (SSSR count). The quantitative estimate of drug-likeness (QED) is 0.805. The van der Waals surface area contributed by atoms with Crippen LogP contribution in [0.15, 0.2) is 48.5 Å². The Labute approximate surface area is 126 Å². The van der Waals surface area contributed by atoms with Gasteiger partial charge in [-0.2, -0.15) is 0 Å². The monoisotopic (exact) mass is 287 g/mol. The number of para-hydroxylation sites is 1. The number of hydrogen-bond acceptors (Lipinski definition) is 2. The maximum atomic E-state index is 13.4. The second-order valence-corrected chi connectivity index (χ2v) is 5.06. The first-order valence-electron chi connectivity index (χ1n) is 7.33. The van der Waals surface area contributed by atoms with Gasteiger partial charge in [-0.1, -0.05) is 37.3 Å². The van der Waals surface area contributed by atoms with Gasteiger partial charge in [-0.05, 0) is 42.2 Å². The lowest BCUT2D eigenvalue weighted by Crippen LogP contribution is -2.12. The van der Waals surface area contributed by atoms with E-state index in [1.807, 2.05) is 18.2 Å². The summed E-state index contributed by atoms with van der Waals surface area (Å²) >= 11 is 0. The highest BCUT2D eigenvalue weighted by atomic mass is 19.1. The fraction of sp³-hybridized carbons (Fsp3) is 0.333. The summed E-state index contributed by atoms with van der Waals surface area (Å²) in [5.74, 6) is -0.194. The van der Waals surface area contributed by atoms with Gasteiger partial charge in [0.15, 0.2) is 0 Å². The topological polar surface area (TPSA) is 21.3 Å². The number of anilines is 1. The lowest BCUT2D eigenvalue weighted by atomic mass is 10.0. The molecule has 2 aromatic carbocycles. The Hall–Kier alpha value is -1.87. The van der Waals surface area contributed by atoms with Crippen LogP contribution in [0.5, 0.6) is 0 Å². The van der Waals surface area contributed by atoms with Crippen molar-refractivity contribution in [3.63, 3.8) is 0 Å². The summed E-state index contributed by atoms with van der Waals surface area (Å²) in [5.41, 5.74) is 3.28. The normalized spacial score (nSPS) is 12.1. The molecule has 0 radical (unpaired) electrons. The van der Waals surface area contributed by atoms with Crippen molar-refractivity contribution in [2.75, 3.05) is 19.0 Å². The highest BCUT2D eigenvalue weighted by molar-refractivity contribution is 5.52. The molecular weight excluding hydrogens is 265 g/mol. The molecule has 1 atom stereocenters. The number of hydrogen-bond donors (Lipinski definition) is 1. The zero-order valence-electron chi connectivity index (χ0n) is 12.6. The van der Waals surface area contributed by atoms with E-state index in [0.29, 0.717) is 6.61 Å². The molecule has 0 amide bonds. The molecule has 0 aromatic heterocycles. The van der Waals surface area contributed by atoms with Gasteiger partial charge in [0.2, 0.25) is 0 Å². The number of nitrogens with one attached hydrogen (secondary N) is 1. The molecule has 0 aliphatic heterocycles. The third kappa shape index (κ3) is 4.30. The zero-order valence-corrected chi connectivity index (χ0v) is 12.6.